The van der Waals surface area contributed by atoms with Crippen molar-refractivity contribution in [2.75, 3.05) is 47.5 Å². The fourth-order valence-electron chi connectivity index (χ4n) is 10.2. The summed E-state index contributed by atoms with van der Waals surface area (Å²) < 4.78 is 34.7. The highest BCUT2D eigenvalue weighted by Crippen LogP contribution is 2.43. The molecule has 0 aromatic carbocycles. The summed E-state index contributed by atoms with van der Waals surface area (Å²) >= 11 is 0. The minimum Gasteiger partial charge on any atom is -0.462 e. The number of phosphoric acid groups is 1. The third-order valence-corrected chi connectivity index (χ3v) is 16.4. The Morgan fingerprint density at radius 1 is 0.385 bits per heavy atom. The molecule has 0 bridgehead atoms. The van der Waals surface area contributed by atoms with E-state index in [1.807, 2.05) is 21.1 Å². The Labute approximate surface area is 485 Å². The molecule has 78 heavy (non-hydrogen) atoms. The number of rotatable bonds is 64. The maximum atomic E-state index is 12.9. The molecule has 0 amide bonds. The Hall–Kier alpha value is -1.51. The number of quaternary nitrogens is 1. The smallest absolute Gasteiger partial charge is 0.462 e. The van der Waals surface area contributed by atoms with Gasteiger partial charge in [0.15, 0.2) is 6.10 Å². The van der Waals surface area contributed by atoms with Crippen LogP contribution in [0.4, 0.5) is 0 Å². The number of unbranched alkanes of at least 4 members (excludes halogenated alkanes) is 46. The van der Waals surface area contributed by atoms with Gasteiger partial charge in [0.25, 0.3) is 0 Å². The van der Waals surface area contributed by atoms with Crippen LogP contribution < -0.4 is 0 Å². The van der Waals surface area contributed by atoms with Crippen molar-refractivity contribution in [3.8, 4) is 0 Å². The van der Waals surface area contributed by atoms with E-state index in [0.29, 0.717) is 23.9 Å². The van der Waals surface area contributed by atoms with Gasteiger partial charge in [-0.2, -0.15) is 0 Å². The largest absolute Gasteiger partial charge is 0.472 e. The number of esters is 2. The summed E-state index contributed by atoms with van der Waals surface area (Å²) in [4.78, 5) is 35.8. The van der Waals surface area contributed by atoms with Crippen molar-refractivity contribution >= 4 is 19.8 Å². The highest BCUT2D eigenvalue weighted by molar-refractivity contribution is 7.47. The van der Waals surface area contributed by atoms with Crippen molar-refractivity contribution in [2.45, 2.75) is 354 Å². The van der Waals surface area contributed by atoms with Crippen LogP contribution >= 0.6 is 7.82 Å². The zero-order valence-corrected chi connectivity index (χ0v) is 53.6. The number of likely N-dealkylation sites (N-methyl/N-ethyl adjacent to an activating group) is 1. The van der Waals surface area contributed by atoms with Crippen molar-refractivity contribution < 1.29 is 42.1 Å². The van der Waals surface area contributed by atoms with E-state index in [-0.39, 0.29) is 25.6 Å². The van der Waals surface area contributed by atoms with Gasteiger partial charge in [-0.1, -0.05) is 295 Å². The number of phosphoric ester groups is 1. The van der Waals surface area contributed by atoms with E-state index in [1.54, 1.807) is 0 Å². The minimum absolute atomic E-state index is 0.0349. The van der Waals surface area contributed by atoms with Crippen molar-refractivity contribution in [1.29, 1.82) is 0 Å². The van der Waals surface area contributed by atoms with Gasteiger partial charge in [-0.05, 0) is 64.2 Å². The molecule has 0 aliphatic rings. The highest BCUT2D eigenvalue weighted by Gasteiger charge is 2.27. The van der Waals surface area contributed by atoms with Crippen LogP contribution in [0.2, 0.25) is 0 Å². The summed E-state index contributed by atoms with van der Waals surface area (Å²) in [5, 5.41) is 0. The number of allylic oxidation sites excluding steroid dienone is 4. The molecule has 462 valence electrons. The van der Waals surface area contributed by atoms with Gasteiger partial charge in [0.05, 0.1) is 27.7 Å². The SMILES string of the molecule is CCCCCCCCCC/C=C\CCCCCCCCCCCCCCCCCCCC(=O)OC(COC(=O)CCCCCCCCCCCCCCC/C=C\CCCCCCCCCC)COP(=O)(O)OCC[N+](C)(C)C. The first-order valence-electron chi connectivity index (χ1n) is 34.1. The molecule has 0 fully saturated rings. The van der Waals surface area contributed by atoms with Crippen LogP contribution in [0.5, 0.6) is 0 Å². The lowest BCUT2D eigenvalue weighted by Gasteiger charge is -2.24. The normalized spacial score (nSPS) is 13.3. The molecule has 2 unspecified atom stereocenters. The molecular formula is C68H133NO8P+. The Kier molecular flexibility index (Phi) is 58.9. The van der Waals surface area contributed by atoms with Gasteiger partial charge in [0.2, 0.25) is 0 Å². The first-order valence-corrected chi connectivity index (χ1v) is 35.6. The van der Waals surface area contributed by atoms with E-state index < -0.39 is 26.5 Å². The van der Waals surface area contributed by atoms with Crippen molar-refractivity contribution in [3.05, 3.63) is 24.3 Å². The van der Waals surface area contributed by atoms with E-state index >= 15 is 0 Å². The van der Waals surface area contributed by atoms with E-state index in [1.165, 1.54) is 283 Å². The maximum absolute atomic E-state index is 12.9. The van der Waals surface area contributed by atoms with Crippen LogP contribution in [0, 0.1) is 0 Å². The third-order valence-electron chi connectivity index (χ3n) is 15.5. The third kappa shape index (κ3) is 63.7. The van der Waals surface area contributed by atoms with E-state index in [4.69, 9.17) is 18.5 Å². The molecule has 0 saturated heterocycles. The zero-order valence-electron chi connectivity index (χ0n) is 52.7. The lowest BCUT2D eigenvalue weighted by molar-refractivity contribution is -0.870. The maximum Gasteiger partial charge on any atom is 0.472 e. The second kappa shape index (κ2) is 60.1. The van der Waals surface area contributed by atoms with E-state index in [0.717, 1.165) is 32.1 Å². The average Bonchev–Trinajstić information content (AvgIpc) is 3.41. The minimum atomic E-state index is -4.39. The molecule has 10 heteroatoms. The molecule has 0 heterocycles. The first kappa shape index (κ1) is 76.5. The second-order valence-electron chi connectivity index (χ2n) is 24.6. The number of carbonyl (C=O) groups excluding carboxylic acids is 2. The quantitative estimate of drug-likeness (QED) is 0.0211. The lowest BCUT2D eigenvalue weighted by Crippen LogP contribution is -2.37. The summed E-state index contributed by atoms with van der Waals surface area (Å²) in [7, 11) is 1.50. The van der Waals surface area contributed by atoms with Gasteiger partial charge < -0.3 is 18.9 Å². The van der Waals surface area contributed by atoms with Crippen LogP contribution in [-0.2, 0) is 32.7 Å². The van der Waals surface area contributed by atoms with Gasteiger partial charge in [-0.15, -0.1) is 0 Å². The number of ether oxygens (including phenoxy) is 2. The number of nitrogens with zero attached hydrogens (tertiary/aromatic N) is 1. The summed E-state index contributed by atoms with van der Waals surface area (Å²) in [6, 6.07) is 0. The standard InChI is InChI=1S/C68H132NO8P/c1-6-8-10-12-14-16-18-20-22-24-26-28-30-32-33-34-35-37-39-41-43-45-47-49-51-53-55-57-59-61-68(71)77-66(65-76-78(72,73)75-63-62-69(3,4)5)64-74-67(70)60-58-56-54-52-50-48-46-44-42-40-38-36-31-29-27-25-23-21-19-17-15-13-11-9-7-2/h24-27,66H,6-23,28-65H2,1-5H3/p+1/b26-24-,27-25-. The molecule has 0 aromatic heterocycles. The summed E-state index contributed by atoms with van der Waals surface area (Å²) in [6.45, 7) is 4.50. The molecule has 0 rings (SSSR count). The average molecular weight is 1120 g/mol. The van der Waals surface area contributed by atoms with Crippen LogP contribution in [0.25, 0.3) is 0 Å². The summed E-state index contributed by atoms with van der Waals surface area (Å²) in [5.74, 6) is -0.776. The van der Waals surface area contributed by atoms with Crippen LogP contribution in [-0.4, -0.2) is 74.9 Å². The molecule has 9 nitrogen and oxygen atoms in total. The van der Waals surface area contributed by atoms with Crippen LogP contribution in [0.1, 0.15) is 348 Å². The van der Waals surface area contributed by atoms with Gasteiger partial charge in [-0.3, -0.25) is 18.6 Å². The Morgan fingerprint density at radius 2 is 0.654 bits per heavy atom. The molecule has 0 aliphatic carbocycles. The van der Waals surface area contributed by atoms with Gasteiger partial charge in [0.1, 0.15) is 19.8 Å². The van der Waals surface area contributed by atoms with Crippen molar-refractivity contribution in [2.24, 2.45) is 0 Å². The fourth-order valence-corrected chi connectivity index (χ4v) is 10.9. The molecule has 0 radical (unpaired) electrons. The Morgan fingerprint density at radius 3 is 0.949 bits per heavy atom. The second-order valence-corrected chi connectivity index (χ2v) is 26.0. The van der Waals surface area contributed by atoms with Crippen molar-refractivity contribution in [1.82, 2.24) is 0 Å². The highest BCUT2D eigenvalue weighted by atomic mass is 31.2. The van der Waals surface area contributed by atoms with Gasteiger partial charge >= 0.3 is 19.8 Å². The number of hydrogen-bond acceptors (Lipinski definition) is 7. The Balaban J connectivity index is 4.02. The summed E-state index contributed by atoms with van der Waals surface area (Å²) in [5.41, 5.74) is 0. The Bertz CT molecular complexity index is 1370. The molecule has 0 saturated carbocycles. The van der Waals surface area contributed by atoms with Gasteiger partial charge in [-0.25, -0.2) is 4.57 Å². The van der Waals surface area contributed by atoms with E-state index in [2.05, 4.69) is 38.2 Å². The van der Waals surface area contributed by atoms with Gasteiger partial charge in [0, 0.05) is 12.8 Å². The van der Waals surface area contributed by atoms with Crippen LogP contribution in [0.3, 0.4) is 0 Å². The van der Waals surface area contributed by atoms with Crippen LogP contribution in [0.15, 0.2) is 24.3 Å². The fraction of sp³-hybridized carbons (Fsp3) is 0.912. The predicted molar refractivity (Wildman–Crippen MR) is 335 cm³/mol. The zero-order chi connectivity index (χ0) is 57.0. The topological polar surface area (TPSA) is 108 Å². The molecule has 0 aromatic rings. The summed E-state index contributed by atoms with van der Waals surface area (Å²) in [6.07, 6.45) is 74.2. The van der Waals surface area contributed by atoms with E-state index in [9.17, 15) is 19.0 Å². The molecule has 1 N–H and O–H groups in total. The lowest BCUT2D eigenvalue weighted by atomic mass is 10.0. The monoisotopic (exact) mass is 1120 g/mol. The molecule has 2 atom stereocenters. The predicted octanol–water partition coefficient (Wildman–Crippen LogP) is 21.7. The van der Waals surface area contributed by atoms with Crippen molar-refractivity contribution in [3.63, 3.8) is 0 Å². The molecule has 0 aliphatic heterocycles. The molecule has 0 spiro atoms. The first-order chi connectivity index (χ1) is 38.0. The number of hydrogen-bond donors (Lipinski definition) is 1. The molecular weight excluding hydrogens is 990 g/mol. The number of carbonyl (C=O) groups is 2.